The second-order valence-corrected chi connectivity index (χ2v) is 6.64. The van der Waals surface area contributed by atoms with E-state index in [1.165, 1.54) is 5.56 Å². The molecule has 1 aromatic heterocycles. The van der Waals surface area contributed by atoms with E-state index in [0.29, 0.717) is 11.2 Å². The number of aliphatic imine (C=N–C) groups is 1. The normalized spacial score (nSPS) is 16.0. The Morgan fingerprint density at radius 1 is 0.846 bits per heavy atom. The Labute approximate surface area is 155 Å². The molecule has 126 valence electrons. The van der Waals surface area contributed by atoms with Gasteiger partial charge in [0.15, 0.2) is 5.29 Å². The summed E-state index contributed by atoms with van der Waals surface area (Å²) in [6, 6.07) is 26.5. The summed E-state index contributed by atoms with van der Waals surface area (Å²) in [4.78, 5) is 4.66. The van der Waals surface area contributed by atoms with Gasteiger partial charge in [-0.3, -0.25) is 0 Å². The first-order valence-corrected chi connectivity index (χ1v) is 8.84. The van der Waals surface area contributed by atoms with Crippen molar-refractivity contribution in [1.82, 2.24) is 0 Å². The fraction of sp³-hybridized carbons (Fsp3) is 0.0455. The van der Waals surface area contributed by atoms with Gasteiger partial charge in [-0.2, -0.15) is 0 Å². The van der Waals surface area contributed by atoms with Crippen molar-refractivity contribution < 1.29 is 4.42 Å². The summed E-state index contributed by atoms with van der Waals surface area (Å²) in [7, 11) is 0. The number of nitrogens with one attached hydrogen (secondary N) is 1. The highest BCUT2D eigenvalue weighted by molar-refractivity contribution is 6.67. The summed E-state index contributed by atoms with van der Waals surface area (Å²) >= 11 is 6.25. The molecule has 4 aromatic rings. The molecular weight excluding hydrogens is 344 g/mol. The Morgan fingerprint density at radius 3 is 2.50 bits per heavy atom. The van der Waals surface area contributed by atoms with Crippen LogP contribution in [-0.2, 0) is 0 Å². The van der Waals surface area contributed by atoms with Crippen molar-refractivity contribution in [2.45, 2.75) is 6.04 Å². The van der Waals surface area contributed by atoms with Crippen LogP contribution >= 0.6 is 11.6 Å². The van der Waals surface area contributed by atoms with Gasteiger partial charge in [0, 0.05) is 5.39 Å². The van der Waals surface area contributed by atoms with Gasteiger partial charge >= 0.3 is 0 Å². The molecule has 0 radical (unpaired) electrons. The third-order valence-electron chi connectivity index (χ3n) is 4.68. The van der Waals surface area contributed by atoms with Gasteiger partial charge in [0.2, 0.25) is 5.88 Å². The number of benzene rings is 3. The van der Waals surface area contributed by atoms with Gasteiger partial charge in [-0.25, -0.2) is 4.99 Å². The van der Waals surface area contributed by atoms with Gasteiger partial charge in [0.05, 0.1) is 5.56 Å². The quantitative estimate of drug-likeness (QED) is 0.432. The molecule has 0 aliphatic carbocycles. The van der Waals surface area contributed by atoms with E-state index in [1.807, 2.05) is 36.4 Å². The van der Waals surface area contributed by atoms with Crippen LogP contribution in [0, 0.1) is 0 Å². The van der Waals surface area contributed by atoms with Gasteiger partial charge in [0.1, 0.15) is 11.6 Å². The van der Waals surface area contributed by atoms with Crippen LogP contribution in [0.1, 0.15) is 17.2 Å². The molecule has 0 spiro atoms. The first kappa shape index (κ1) is 15.2. The molecule has 1 aliphatic rings. The molecule has 0 amide bonds. The van der Waals surface area contributed by atoms with Crippen LogP contribution in [0.5, 0.6) is 0 Å². The molecule has 3 nitrogen and oxygen atoms in total. The molecule has 0 fully saturated rings. The second kappa shape index (κ2) is 6.04. The number of anilines is 1. The fourth-order valence-corrected chi connectivity index (χ4v) is 3.68. The van der Waals surface area contributed by atoms with Crippen LogP contribution in [0.15, 0.2) is 88.3 Å². The molecular formula is C22H15ClN2O. The Hall–Kier alpha value is -3.04. The first-order valence-electron chi connectivity index (χ1n) is 8.47. The average Bonchev–Trinajstić information content (AvgIpc) is 3.06. The van der Waals surface area contributed by atoms with Crippen molar-refractivity contribution in [1.29, 1.82) is 0 Å². The minimum Gasteiger partial charge on any atom is -0.440 e. The maximum absolute atomic E-state index is 6.25. The molecule has 4 heteroatoms. The van der Waals surface area contributed by atoms with Crippen molar-refractivity contribution in [2.75, 3.05) is 5.32 Å². The molecule has 2 heterocycles. The standard InChI is InChI=1S/C22H15ClN2O/c23-22-24-20(19-17-11-4-5-12-18(17)26-21(19)25-22)16-10-6-9-15(13-16)14-7-2-1-3-8-14/h1-13,20H,(H,24,25). The predicted octanol–water partition coefficient (Wildman–Crippen LogP) is 6.21. The zero-order valence-corrected chi connectivity index (χ0v) is 14.6. The van der Waals surface area contributed by atoms with Crippen LogP contribution in [0.2, 0.25) is 0 Å². The van der Waals surface area contributed by atoms with E-state index in [0.717, 1.165) is 27.7 Å². The summed E-state index contributed by atoms with van der Waals surface area (Å²) < 4.78 is 5.95. The Bertz CT molecular complexity index is 1130. The van der Waals surface area contributed by atoms with E-state index in [9.17, 15) is 0 Å². The van der Waals surface area contributed by atoms with E-state index in [2.05, 4.69) is 52.8 Å². The third-order valence-corrected chi connectivity index (χ3v) is 4.87. The van der Waals surface area contributed by atoms with Crippen LogP contribution in [0.4, 0.5) is 5.88 Å². The monoisotopic (exact) mass is 358 g/mol. The van der Waals surface area contributed by atoms with E-state index < -0.39 is 0 Å². The fourth-order valence-electron chi connectivity index (χ4n) is 3.49. The van der Waals surface area contributed by atoms with Gasteiger partial charge in [-0.1, -0.05) is 66.7 Å². The van der Waals surface area contributed by atoms with E-state index in [4.69, 9.17) is 16.0 Å². The summed E-state index contributed by atoms with van der Waals surface area (Å²) in [5.41, 5.74) is 5.27. The molecule has 3 aromatic carbocycles. The Kier molecular flexibility index (Phi) is 3.54. The summed E-state index contributed by atoms with van der Waals surface area (Å²) in [6.45, 7) is 0. The lowest BCUT2D eigenvalue weighted by Gasteiger charge is -2.20. The number of furan rings is 1. The van der Waals surface area contributed by atoms with E-state index >= 15 is 0 Å². The zero-order valence-electron chi connectivity index (χ0n) is 13.8. The number of hydrogen-bond acceptors (Lipinski definition) is 3. The molecule has 1 atom stereocenters. The smallest absolute Gasteiger partial charge is 0.206 e. The number of hydrogen-bond donors (Lipinski definition) is 1. The summed E-state index contributed by atoms with van der Waals surface area (Å²) in [6.07, 6.45) is 0. The van der Waals surface area contributed by atoms with Gasteiger partial charge in [-0.15, -0.1) is 0 Å². The van der Waals surface area contributed by atoms with Crippen LogP contribution < -0.4 is 5.32 Å². The largest absolute Gasteiger partial charge is 0.440 e. The average molecular weight is 359 g/mol. The summed E-state index contributed by atoms with van der Waals surface area (Å²) in [5, 5.41) is 4.44. The van der Waals surface area contributed by atoms with Crippen LogP contribution in [-0.4, -0.2) is 5.29 Å². The van der Waals surface area contributed by atoms with Crippen molar-refractivity contribution in [3.63, 3.8) is 0 Å². The molecule has 1 aliphatic heterocycles. The van der Waals surface area contributed by atoms with Crippen LogP contribution in [0.25, 0.3) is 22.1 Å². The lowest BCUT2D eigenvalue weighted by molar-refractivity contribution is 0.625. The SMILES string of the molecule is ClC1=NC(c2cccc(-c3ccccc3)c2)c2c(oc3ccccc23)N1. The highest BCUT2D eigenvalue weighted by atomic mass is 35.5. The van der Waals surface area contributed by atoms with E-state index in [1.54, 1.807) is 0 Å². The van der Waals surface area contributed by atoms with Crippen molar-refractivity contribution >= 4 is 33.7 Å². The zero-order chi connectivity index (χ0) is 17.5. The molecule has 0 saturated heterocycles. The lowest BCUT2D eigenvalue weighted by Crippen LogP contribution is -2.15. The molecule has 1 unspecified atom stereocenters. The van der Waals surface area contributed by atoms with Crippen molar-refractivity contribution in [3.8, 4) is 11.1 Å². The number of fused-ring (bicyclic) bond motifs is 3. The molecule has 1 N–H and O–H groups in total. The third kappa shape index (κ3) is 2.49. The topological polar surface area (TPSA) is 37.5 Å². The maximum Gasteiger partial charge on any atom is 0.206 e. The van der Waals surface area contributed by atoms with E-state index in [-0.39, 0.29) is 6.04 Å². The van der Waals surface area contributed by atoms with Gasteiger partial charge < -0.3 is 9.73 Å². The minimum absolute atomic E-state index is 0.203. The Morgan fingerprint density at radius 2 is 1.62 bits per heavy atom. The lowest BCUT2D eigenvalue weighted by atomic mass is 9.94. The highest BCUT2D eigenvalue weighted by Gasteiger charge is 2.28. The Balaban J connectivity index is 1.68. The number of halogens is 1. The van der Waals surface area contributed by atoms with Crippen molar-refractivity contribution in [2.24, 2.45) is 4.99 Å². The predicted molar refractivity (Wildman–Crippen MR) is 107 cm³/mol. The maximum atomic E-state index is 6.25. The van der Waals surface area contributed by atoms with Gasteiger partial charge in [-0.05, 0) is 40.4 Å². The number of para-hydroxylation sites is 1. The first-order chi connectivity index (χ1) is 12.8. The molecule has 0 bridgehead atoms. The molecule has 26 heavy (non-hydrogen) atoms. The summed E-state index contributed by atoms with van der Waals surface area (Å²) in [5.74, 6) is 0.668. The number of nitrogens with zero attached hydrogens (tertiary/aromatic N) is 1. The van der Waals surface area contributed by atoms with Crippen LogP contribution in [0.3, 0.4) is 0 Å². The second-order valence-electron chi connectivity index (χ2n) is 6.28. The number of amidine groups is 1. The number of rotatable bonds is 2. The van der Waals surface area contributed by atoms with Crippen molar-refractivity contribution in [3.05, 3.63) is 90.0 Å². The molecule has 5 rings (SSSR count). The molecule has 0 saturated carbocycles. The minimum atomic E-state index is -0.203. The highest BCUT2D eigenvalue weighted by Crippen LogP contribution is 2.42. The van der Waals surface area contributed by atoms with Gasteiger partial charge in [0.25, 0.3) is 0 Å².